The minimum Gasteiger partial charge on any atom is -0.479 e. The number of aliphatic hydroxyl groups excluding tert-OH is 13. The second-order valence-electron chi connectivity index (χ2n) is 28.1. The lowest BCUT2D eigenvalue weighted by atomic mass is 9.94. The van der Waals surface area contributed by atoms with Crippen molar-refractivity contribution in [3.8, 4) is 0 Å². The van der Waals surface area contributed by atoms with E-state index in [2.05, 4.69) is 61.1 Å². The van der Waals surface area contributed by atoms with Gasteiger partial charge in [-0.05, 0) is 19.3 Å². The predicted octanol–water partition coefficient (Wildman–Crippen LogP) is -11.3. The predicted molar refractivity (Wildman–Crippen MR) is 377 cm³/mol. The van der Waals surface area contributed by atoms with Crippen molar-refractivity contribution in [3.05, 3.63) is 23.1 Å². The van der Waals surface area contributed by atoms with Gasteiger partial charge in [0.25, 0.3) is 11.8 Å². The number of carboxylic acid groups (broad SMARTS) is 1. The van der Waals surface area contributed by atoms with E-state index < -0.39 is 283 Å². The number of aliphatic carboxylic acids is 1. The van der Waals surface area contributed by atoms with Crippen molar-refractivity contribution in [1.82, 2.24) is 59.4 Å². The zero-order chi connectivity index (χ0) is 84.1. The Morgan fingerprint density at radius 2 is 0.912 bits per heavy atom. The maximum atomic E-state index is 14.4. The highest BCUT2D eigenvalue weighted by atomic mass is 32.2. The number of amides is 7. The van der Waals surface area contributed by atoms with Gasteiger partial charge < -0.3 is 130 Å². The molecule has 33 atom stereocenters. The number of carbonyl (C=O) groups excluding carboxylic acids is 7. The first-order valence-corrected chi connectivity index (χ1v) is 37.7. The summed E-state index contributed by atoms with van der Waals surface area (Å²) in [6, 6.07) is -4.08. The maximum Gasteiger partial charge on any atom is 0.335 e. The first-order valence-electron chi connectivity index (χ1n) is 36.2. The highest BCUT2D eigenvalue weighted by Crippen LogP contribution is 2.37. The summed E-state index contributed by atoms with van der Waals surface area (Å²) >= 11 is 5.95. The minimum absolute atomic E-state index is 0.0644. The number of aliphatic hydroxyl groups is 13. The molecule has 0 aromatic rings. The van der Waals surface area contributed by atoms with Crippen LogP contribution >= 0.6 is 24.4 Å². The summed E-state index contributed by atoms with van der Waals surface area (Å²) in [5, 5.41) is 160. The normalized spacial score (nSPS) is 36.6. The quantitative estimate of drug-likeness (QED) is 0.0118. The zero-order valence-corrected chi connectivity index (χ0v) is 64.7. The van der Waals surface area contributed by atoms with E-state index >= 15 is 0 Å². The Morgan fingerprint density at radius 1 is 0.518 bits per heavy atom. The van der Waals surface area contributed by atoms with E-state index in [1.807, 2.05) is 29.1 Å². The Hall–Kier alpha value is -5.34. The molecule has 6 aliphatic heterocycles. The lowest BCUT2D eigenvalue weighted by molar-refractivity contribution is -0.460. The Labute approximate surface area is 660 Å². The van der Waals surface area contributed by atoms with E-state index in [1.165, 1.54) is 25.8 Å². The molecule has 0 spiro atoms. The molecule has 0 saturated carbocycles. The number of ether oxygens (including phenoxy) is 9. The van der Waals surface area contributed by atoms with Crippen molar-refractivity contribution in [2.45, 2.75) is 283 Å². The molecule has 50 heteroatoms. The summed E-state index contributed by atoms with van der Waals surface area (Å²) in [4.78, 5) is 138. The summed E-state index contributed by atoms with van der Waals surface area (Å²) < 4.78 is 53.0. The third kappa shape index (κ3) is 27.3. The number of nitrogens with one attached hydrogen (secondary N) is 11. The summed E-state index contributed by atoms with van der Waals surface area (Å²) in [7, 11) is 1.17. The second kappa shape index (κ2) is 45.7. The number of hydrogen-bond acceptors (Lipinski definition) is 42. The summed E-state index contributed by atoms with van der Waals surface area (Å²) in [5.41, 5.74) is 17.8. The topological polar surface area (TPSA) is 691 Å². The molecule has 48 nitrogen and oxygen atoms in total. The molecule has 6 heterocycles. The molecule has 25 N–H and O–H groups in total. The van der Waals surface area contributed by atoms with Crippen LogP contribution in [0.5, 0.6) is 0 Å². The van der Waals surface area contributed by atoms with Crippen LogP contribution in [0.15, 0.2) is 23.1 Å². The molecule has 20 unspecified atom stereocenters. The number of thiol groups is 1. The van der Waals surface area contributed by atoms with E-state index in [4.69, 9.17) is 72.0 Å². The zero-order valence-electron chi connectivity index (χ0n) is 62.9. The van der Waals surface area contributed by atoms with Crippen molar-refractivity contribution in [2.75, 3.05) is 32.7 Å². The largest absolute Gasteiger partial charge is 0.479 e. The summed E-state index contributed by atoms with van der Waals surface area (Å²) in [6.45, 7) is 6.80. The number of hydrogen-bond donors (Lipinski definition) is 26. The van der Waals surface area contributed by atoms with E-state index in [0.717, 1.165) is 32.1 Å². The van der Waals surface area contributed by atoms with Crippen LogP contribution in [0.4, 0.5) is 0 Å². The Balaban J connectivity index is 1.03. The molecule has 7 aliphatic rings. The van der Waals surface area contributed by atoms with Gasteiger partial charge in [-0.2, -0.15) is 12.6 Å². The molecular weight excluding hydrogens is 1580 g/mol. The van der Waals surface area contributed by atoms with Crippen LogP contribution in [-0.4, -0.2) is 347 Å². The van der Waals surface area contributed by atoms with Gasteiger partial charge in [0.2, 0.25) is 42.1 Å². The summed E-state index contributed by atoms with van der Waals surface area (Å²) in [5.74, 6) is -8.96. The van der Waals surface area contributed by atoms with Crippen LogP contribution in [0, 0.1) is 11.8 Å². The van der Waals surface area contributed by atoms with E-state index in [0.29, 0.717) is 5.75 Å². The average Bonchev–Trinajstić information content (AvgIpc) is 0.788. The highest BCUT2D eigenvalue weighted by Gasteiger charge is 2.57. The van der Waals surface area contributed by atoms with Crippen LogP contribution in [-0.2, 0) is 110 Å². The Kier molecular flexibility index (Phi) is 38.4. The molecule has 1 aliphatic carbocycles. The number of rotatable bonds is 38. The lowest BCUT2D eigenvalue weighted by Gasteiger charge is -2.47. The number of carboxylic acids is 1. The Morgan fingerprint density at radius 3 is 1.31 bits per heavy atom. The molecule has 7 amide bonds. The smallest absolute Gasteiger partial charge is 0.335 e. The van der Waals surface area contributed by atoms with Gasteiger partial charge in [-0.25, -0.2) is 55.8 Å². The van der Waals surface area contributed by atoms with E-state index in [-0.39, 0.29) is 23.5 Å². The van der Waals surface area contributed by atoms with Gasteiger partial charge in [0.15, 0.2) is 37.2 Å². The first kappa shape index (κ1) is 95.8. The fourth-order valence-corrected chi connectivity index (χ4v) is 13.9. The molecule has 7 rings (SSSR count). The monoisotopic (exact) mass is 1690 g/mol. The molecule has 0 bridgehead atoms. The third-order valence-electron chi connectivity index (χ3n) is 18.5. The van der Waals surface area contributed by atoms with Crippen LogP contribution in [0.25, 0.3) is 0 Å². The molecule has 6 saturated heterocycles. The van der Waals surface area contributed by atoms with Crippen LogP contribution in [0.1, 0.15) is 87.0 Å². The molecule has 0 aromatic carbocycles. The van der Waals surface area contributed by atoms with Crippen LogP contribution in [0.2, 0.25) is 0 Å². The number of hydrazine groups is 4. The standard InChI is InChI=1S/C64H107N11O37S2/c1-22(2)55(92)72-68-39(82)16-41(84)71-75-58(95)53-50(104-61-32(67-27(7)81)15-35(38(20-78)102-61)110-112-64-48(91)46(89)51(54(107-64)59(96)97)105-62-30(65-25(5)79)13-33(108-98-8)36(18-76)100-62)45(88)47(90)63(106-53)111-109-34-14-31(66-26(6)80)60(101-37(34)19-77)103-49-44(87)43(86)24(4)99-52(49)57(94)74-70-42(85)17-40(83)69-73-56(93)23(3)21-114-29-11-9-10-28(113)12-29/h9,11-12,22-24,28,30-40,43-56,60-64,68-69,72-73,76-78,82-83,86-93,113H,10,13-21H2,1-8H3,(H,65,79)(H,66,80)(H,67,81)(H,70,85)(H,71,84)(H,74,94)(H,75,95)(H,96,97)/t23-,24?,28?,30?,31?,32-,33?,34-,35-,36-,37-,38?,39?,40?,43?,44?,45+,46?,47?,48?,49+,50+,51+,52?,53?,54?,55?,56?,60-,61-,62-,63?,64?/m0/s1. The van der Waals surface area contributed by atoms with Crippen molar-refractivity contribution in [2.24, 2.45) is 11.8 Å². The van der Waals surface area contributed by atoms with Crippen molar-refractivity contribution in [1.29, 1.82) is 0 Å². The fourth-order valence-electron chi connectivity index (χ4n) is 12.4. The van der Waals surface area contributed by atoms with E-state index in [1.54, 1.807) is 20.8 Å². The number of thioether (sulfide) groups is 1. The van der Waals surface area contributed by atoms with Crippen molar-refractivity contribution < 1.29 is 182 Å². The van der Waals surface area contributed by atoms with Gasteiger partial charge in [-0.1, -0.05) is 39.0 Å². The molecule has 6 fully saturated rings. The third-order valence-corrected chi connectivity index (χ3v) is 20.2. The molecule has 0 radical (unpaired) electrons. The van der Waals surface area contributed by atoms with Crippen molar-refractivity contribution in [3.63, 3.8) is 0 Å². The fraction of sp³-hybridized carbons (Fsp3) is 0.812. The van der Waals surface area contributed by atoms with E-state index in [9.17, 15) is 110 Å². The van der Waals surface area contributed by atoms with Gasteiger partial charge in [-0.15, -0.1) is 11.8 Å². The minimum atomic E-state index is -2.40. The molecule has 652 valence electrons. The lowest BCUT2D eigenvalue weighted by Crippen LogP contribution is -2.67. The molecule has 114 heavy (non-hydrogen) atoms. The van der Waals surface area contributed by atoms with Gasteiger partial charge in [0.1, 0.15) is 116 Å². The Bertz CT molecular complexity index is 3180. The van der Waals surface area contributed by atoms with Gasteiger partial charge in [-0.3, -0.25) is 55.3 Å². The number of carbonyl (C=O) groups is 8. The van der Waals surface area contributed by atoms with Gasteiger partial charge in [0, 0.05) is 61.9 Å². The summed E-state index contributed by atoms with van der Waals surface area (Å²) in [6.07, 6.45) is -47.1. The second-order valence-corrected chi connectivity index (χ2v) is 29.8. The van der Waals surface area contributed by atoms with Crippen LogP contribution in [0.3, 0.4) is 0 Å². The van der Waals surface area contributed by atoms with Crippen molar-refractivity contribution >= 4 is 71.7 Å². The maximum absolute atomic E-state index is 14.4. The molecule has 0 aromatic heterocycles. The first-order chi connectivity index (χ1) is 53.9. The van der Waals surface area contributed by atoms with Gasteiger partial charge >= 0.3 is 5.97 Å². The number of allylic oxidation sites excluding steroid dienone is 2. The van der Waals surface area contributed by atoms with Gasteiger partial charge in [0.05, 0.1) is 64.0 Å². The SMILES string of the molecule is COOC1CC(NC(C)=O)[C@H](O[C@H]2C(C(=O)O)OC(OO[C@H]3C[C@H](NC(C)=O)[C@H](O[C@H]4C(C(=O)NNC(=O)CC(O)NNC(O)C(C)C)OC(OO[C@H]5CC(NC(C)=O)[C@H](O[C@H]6C(C(=O)NNC(=O)CC(O)NNC(O)[C@@H](C)CSC7=CC(S)CC=C7)OC(C)C(O)C6O)O[C@H]5CO)C(O)[C@H]4O)OC3CO)C(O)C2O)O[C@H]1CO. The van der Waals surface area contributed by atoms with Crippen LogP contribution < -0.4 is 59.4 Å². The highest BCUT2D eigenvalue weighted by molar-refractivity contribution is 8.03. The average molecular weight is 1690 g/mol. The molecular formula is C64H107N11O37S2.